The number of carbonyl (C=O) groups is 2. The van der Waals surface area contributed by atoms with Gasteiger partial charge in [-0.1, -0.05) is 6.92 Å². The molecule has 2 saturated heterocycles. The maximum absolute atomic E-state index is 13.0. The van der Waals surface area contributed by atoms with Crippen molar-refractivity contribution >= 4 is 23.2 Å². The summed E-state index contributed by atoms with van der Waals surface area (Å²) < 4.78 is 5.35. The van der Waals surface area contributed by atoms with Gasteiger partial charge in [0.1, 0.15) is 0 Å². The monoisotopic (exact) mass is 405 g/mol. The summed E-state index contributed by atoms with van der Waals surface area (Å²) >= 11 is 1.63. The van der Waals surface area contributed by atoms with Crippen LogP contribution in [-0.2, 0) is 22.4 Å². The van der Waals surface area contributed by atoms with Crippen molar-refractivity contribution < 1.29 is 14.3 Å². The van der Waals surface area contributed by atoms with Crippen molar-refractivity contribution in [1.82, 2.24) is 14.7 Å². The fraction of sp³-hybridized carbons (Fsp3) is 0.714. The van der Waals surface area contributed by atoms with E-state index in [-0.39, 0.29) is 11.8 Å². The number of morpholine rings is 1. The van der Waals surface area contributed by atoms with E-state index in [1.165, 1.54) is 16.9 Å². The molecule has 28 heavy (non-hydrogen) atoms. The Bertz CT molecular complexity index is 706. The number of carbonyl (C=O) groups excluding carboxylic acids is 2. The number of rotatable bonds is 4. The second-order valence-electron chi connectivity index (χ2n) is 8.07. The molecule has 1 aromatic rings. The lowest BCUT2D eigenvalue weighted by molar-refractivity contribution is -0.137. The van der Waals surface area contributed by atoms with E-state index in [9.17, 15) is 9.59 Å². The number of hydrogen-bond acceptors (Lipinski definition) is 5. The van der Waals surface area contributed by atoms with Gasteiger partial charge in [0, 0.05) is 50.1 Å². The highest BCUT2D eigenvalue weighted by Crippen LogP contribution is 2.34. The van der Waals surface area contributed by atoms with Crippen LogP contribution in [0.25, 0.3) is 0 Å². The topological polar surface area (TPSA) is 53.1 Å². The van der Waals surface area contributed by atoms with Gasteiger partial charge in [-0.25, -0.2) is 0 Å². The Morgan fingerprint density at radius 3 is 2.57 bits per heavy atom. The first-order valence-corrected chi connectivity index (χ1v) is 11.5. The molecule has 2 amide bonds. The van der Waals surface area contributed by atoms with Crippen LogP contribution in [0.15, 0.2) is 6.07 Å². The van der Waals surface area contributed by atoms with Gasteiger partial charge in [-0.05, 0) is 43.9 Å². The van der Waals surface area contributed by atoms with E-state index in [0.29, 0.717) is 32.2 Å². The number of piperazine rings is 1. The molecule has 7 heteroatoms. The number of amides is 2. The van der Waals surface area contributed by atoms with Gasteiger partial charge in [0.05, 0.1) is 18.1 Å². The first kappa shape index (κ1) is 19.9. The predicted molar refractivity (Wildman–Crippen MR) is 110 cm³/mol. The van der Waals surface area contributed by atoms with Gasteiger partial charge in [0.25, 0.3) is 5.91 Å². The summed E-state index contributed by atoms with van der Waals surface area (Å²) in [7, 11) is 0. The van der Waals surface area contributed by atoms with E-state index in [1.54, 1.807) is 11.3 Å². The minimum atomic E-state index is 0.0752. The van der Waals surface area contributed by atoms with Crippen molar-refractivity contribution in [1.29, 1.82) is 0 Å². The zero-order valence-corrected chi connectivity index (χ0v) is 17.6. The fourth-order valence-corrected chi connectivity index (χ4v) is 5.70. The lowest BCUT2D eigenvalue weighted by Gasteiger charge is -2.37. The Morgan fingerprint density at radius 1 is 1.11 bits per heavy atom. The van der Waals surface area contributed by atoms with Gasteiger partial charge in [-0.15, -0.1) is 11.3 Å². The Hall–Kier alpha value is -1.44. The molecule has 1 aliphatic carbocycles. The maximum atomic E-state index is 13.0. The van der Waals surface area contributed by atoms with E-state index in [4.69, 9.17) is 4.74 Å². The van der Waals surface area contributed by atoms with Crippen LogP contribution in [0.4, 0.5) is 0 Å². The Labute approximate surface area is 171 Å². The van der Waals surface area contributed by atoms with Crippen molar-refractivity contribution in [2.45, 2.75) is 32.6 Å². The highest BCUT2D eigenvalue weighted by molar-refractivity contribution is 7.14. The molecule has 0 radical (unpaired) electrons. The van der Waals surface area contributed by atoms with Crippen LogP contribution >= 0.6 is 11.3 Å². The molecule has 2 fully saturated rings. The molecule has 1 unspecified atom stereocenters. The normalized spacial score (nSPS) is 23.5. The Balaban J connectivity index is 1.36. The summed E-state index contributed by atoms with van der Waals surface area (Å²) in [4.78, 5) is 34.3. The molecule has 0 aromatic carbocycles. The minimum absolute atomic E-state index is 0.0752. The molecule has 0 bridgehead atoms. The summed E-state index contributed by atoms with van der Waals surface area (Å²) in [6, 6.07) is 2.05. The van der Waals surface area contributed by atoms with Crippen molar-refractivity contribution in [2.24, 2.45) is 5.92 Å². The molecule has 2 aliphatic heterocycles. The molecule has 1 atom stereocenters. The highest BCUT2D eigenvalue weighted by atomic mass is 32.1. The smallest absolute Gasteiger partial charge is 0.264 e. The second kappa shape index (κ2) is 8.93. The number of nitrogens with zero attached hydrogens (tertiary/aromatic N) is 3. The molecule has 1 aromatic heterocycles. The number of ether oxygens (including phenoxy) is 1. The molecule has 154 valence electrons. The van der Waals surface area contributed by atoms with Crippen LogP contribution in [0, 0.1) is 5.92 Å². The van der Waals surface area contributed by atoms with Crippen LogP contribution in [0.3, 0.4) is 0 Å². The van der Waals surface area contributed by atoms with Gasteiger partial charge < -0.3 is 14.5 Å². The molecule has 3 heterocycles. The van der Waals surface area contributed by atoms with Crippen LogP contribution in [0.5, 0.6) is 0 Å². The average molecular weight is 406 g/mol. The van der Waals surface area contributed by atoms with Crippen LogP contribution < -0.4 is 0 Å². The van der Waals surface area contributed by atoms with E-state index in [0.717, 1.165) is 56.9 Å². The summed E-state index contributed by atoms with van der Waals surface area (Å²) in [6.45, 7) is 9.62. The van der Waals surface area contributed by atoms with Crippen molar-refractivity contribution in [3.05, 3.63) is 21.4 Å². The van der Waals surface area contributed by atoms with E-state index >= 15 is 0 Å². The quantitative estimate of drug-likeness (QED) is 0.768. The van der Waals surface area contributed by atoms with Gasteiger partial charge in [0.15, 0.2) is 0 Å². The minimum Gasteiger partial charge on any atom is -0.378 e. The van der Waals surface area contributed by atoms with Crippen molar-refractivity contribution in [3.63, 3.8) is 0 Å². The second-order valence-corrected chi connectivity index (χ2v) is 9.21. The van der Waals surface area contributed by atoms with Crippen molar-refractivity contribution in [2.75, 3.05) is 59.0 Å². The van der Waals surface area contributed by atoms with E-state index in [2.05, 4.69) is 22.8 Å². The van der Waals surface area contributed by atoms with Crippen LogP contribution in [-0.4, -0.2) is 85.5 Å². The van der Waals surface area contributed by atoms with E-state index in [1.807, 2.05) is 4.90 Å². The van der Waals surface area contributed by atoms with Gasteiger partial charge in [-0.3, -0.25) is 14.5 Å². The lowest BCUT2D eigenvalue weighted by atomic mass is 9.87. The molecule has 0 N–H and O–H groups in total. The average Bonchev–Trinajstić information content (AvgIpc) is 3.17. The molecule has 3 aliphatic rings. The van der Waals surface area contributed by atoms with Crippen molar-refractivity contribution in [3.8, 4) is 0 Å². The Kier molecular flexibility index (Phi) is 6.33. The van der Waals surface area contributed by atoms with Gasteiger partial charge >= 0.3 is 0 Å². The first-order valence-electron chi connectivity index (χ1n) is 10.7. The molecule has 0 spiro atoms. The first-order chi connectivity index (χ1) is 13.7. The predicted octanol–water partition coefficient (Wildman–Crippen LogP) is 1.88. The number of fused-ring (bicyclic) bond motifs is 1. The van der Waals surface area contributed by atoms with E-state index < -0.39 is 0 Å². The number of hydrogen-bond donors (Lipinski definition) is 0. The largest absolute Gasteiger partial charge is 0.378 e. The summed E-state index contributed by atoms with van der Waals surface area (Å²) in [5, 5.41) is 0. The molecular weight excluding hydrogens is 374 g/mol. The highest BCUT2D eigenvalue weighted by Gasteiger charge is 2.32. The SMILES string of the molecule is CCCN1CCN(C(=O)C2CCc3sc(C(=O)N4CCOCC4)cc3C2)CC1. The summed E-state index contributed by atoms with van der Waals surface area (Å²) in [6.07, 6.45) is 3.79. The molecule has 4 rings (SSSR count). The zero-order valence-electron chi connectivity index (χ0n) is 16.8. The third-order valence-electron chi connectivity index (χ3n) is 6.16. The molecule has 0 saturated carbocycles. The van der Waals surface area contributed by atoms with Gasteiger partial charge in [-0.2, -0.15) is 0 Å². The molecular formula is C21H31N3O3S. The summed E-state index contributed by atoms with van der Waals surface area (Å²) in [5.74, 6) is 0.512. The third kappa shape index (κ3) is 4.26. The number of thiophene rings is 1. The van der Waals surface area contributed by atoms with Gasteiger partial charge in [0.2, 0.25) is 5.91 Å². The van der Waals surface area contributed by atoms with Crippen LogP contribution in [0.2, 0.25) is 0 Å². The zero-order chi connectivity index (χ0) is 19.5. The van der Waals surface area contributed by atoms with Crippen LogP contribution in [0.1, 0.15) is 39.9 Å². The maximum Gasteiger partial charge on any atom is 0.264 e. The third-order valence-corrected chi connectivity index (χ3v) is 7.39. The Morgan fingerprint density at radius 2 is 1.86 bits per heavy atom. The lowest BCUT2D eigenvalue weighted by Crippen LogP contribution is -2.50. The standard InChI is InChI=1S/C21H31N3O3S/c1-2-5-22-6-8-23(9-7-22)20(25)16-3-4-18-17(14-16)15-19(28-18)21(26)24-10-12-27-13-11-24/h15-16H,2-14H2,1H3. The fourth-order valence-electron chi connectivity index (χ4n) is 4.53. The number of aryl methyl sites for hydroxylation is 1. The summed E-state index contributed by atoms with van der Waals surface area (Å²) in [5.41, 5.74) is 1.22. The molecule has 6 nitrogen and oxygen atoms in total.